The van der Waals surface area contributed by atoms with E-state index in [4.69, 9.17) is 9.47 Å². The van der Waals surface area contributed by atoms with Crippen molar-refractivity contribution in [3.05, 3.63) is 47.8 Å². The van der Waals surface area contributed by atoms with Crippen LogP contribution in [0.1, 0.15) is 0 Å². The molecule has 0 bridgehead atoms. The molecule has 1 aliphatic heterocycles. The lowest BCUT2D eigenvalue weighted by Crippen LogP contribution is -2.15. The summed E-state index contributed by atoms with van der Waals surface area (Å²) in [4.78, 5) is 6.77. The van der Waals surface area contributed by atoms with Gasteiger partial charge in [0.05, 0.1) is 5.69 Å². The molecule has 0 radical (unpaired) electrons. The normalized spacial score (nSPS) is 12.7. The molecule has 5 nitrogen and oxygen atoms in total. The molecule has 0 atom stereocenters. The number of benzene rings is 2. The Morgan fingerprint density at radius 1 is 1.00 bits per heavy atom. The summed E-state index contributed by atoms with van der Waals surface area (Å²) < 4.78 is 11.2. The van der Waals surface area contributed by atoms with Crippen LogP contribution in [0.25, 0.3) is 11.3 Å². The van der Waals surface area contributed by atoms with Crippen LogP contribution < -0.4 is 19.7 Å². The van der Waals surface area contributed by atoms with E-state index in [9.17, 15) is 0 Å². The Labute approximate surface area is 150 Å². The molecule has 6 heteroatoms. The fraction of sp³-hybridized carbons (Fsp3) is 0.211. The Kier molecular flexibility index (Phi) is 4.19. The predicted molar refractivity (Wildman–Crippen MR) is 103 cm³/mol. The van der Waals surface area contributed by atoms with Crippen LogP contribution in [0.2, 0.25) is 0 Å². The van der Waals surface area contributed by atoms with Crippen molar-refractivity contribution in [1.82, 2.24) is 4.98 Å². The summed E-state index contributed by atoms with van der Waals surface area (Å²) >= 11 is 1.58. The van der Waals surface area contributed by atoms with E-state index < -0.39 is 0 Å². The van der Waals surface area contributed by atoms with Crippen LogP contribution in [0.15, 0.2) is 47.8 Å². The second-order valence-corrected chi connectivity index (χ2v) is 6.82. The Morgan fingerprint density at radius 3 is 2.52 bits per heavy atom. The Hall–Kier alpha value is -2.73. The molecule has 3 aromatic rings. The molecule has 0 saturated heterocycles. The number of nitrogens with zero attached hydrogens (tertiary/aromatic N) is 2. The van der Waals surface area contributed by atoms with E-state index in [2.05, 4.69) is 44.8 Å². The molecule has 1 N–H and O–H groups in total. The molecular formula is C19H19N3O2S. The van der Waals surface area contributed by atoms with Crippen molar-refractivity contribution in [2.45, 2.75) is 0 Å². The van der Waals surface area contributed by atoms with Gasteiger partial charge < -0.3 is 19.7 Å². The van der Waals surface area contributed by atoms with E-state index in [-0.39, 0.29) is 0 Å². The van der Waals surface area contributed by atoms with Crippen LogP contribution in [-0.4, -0.2) is 32.3 Å². The molecule has 1 aromatic heterocycles. The minimum absolute atomic E-state index is 0.584. The van der Waals surface area contributed by atoms with Crippen molar-refractivity contribution in [2.75, 3.05) is 37.5 Å². The fourth-order valence-electron chi connectivity index (χ4n) is 2.64. The number of nitrogens with one attached hydrogen (secondary N) is 1. The van der Waals surface area contributed by atoms with Crippen molar-refractivity contribution < 1.29 is 9.47 Å². The molecule has 0 fully saturated rings. The summed E-state index contributed by atoms with van der Waals surface area (Å²) in [7, 11) is 4.07. The van der Waals surface area contributed by atoms with Crippen LogP contribution >= 0.6 is 11.3 Å². The van der Waals surface area contributed by atoms with Crippen molar-refractivity contribution in [1.29, 1.82) is 0 Å². The maximum atomic E-state index is 5.62. The maximum absolute atomic E-state index is 5.62. The summed E-state index contributed by atoms with van der Waals surface area (Å²) in [6.45, 7) is 1.18. The van der Waals surface area contributed by atoms with Gasteiger partial charge in [-0.25, -0.2) is 4.98 Å². The van der Waals surface area contributed by atoms with Gasteiger partial charge in [0.15, 0.2) is 16.6 Å². The number of thiazole rings is 1. The Bertz CT molecular complexity index is 875. The first kappa shape index (κ1) is 15.8. The average molecular weight is 353 g/mol. The summed E-state index contributed by atoms with van der Waals surface area (Å²) in [6, 6.07) is 14.2. The Morgan fingerprint density at radius 2 is 1.76 bits per heavy atom. The third-order valence-corrected chi connectivity index (χ3v) is 4.73. The standard InChI is InChI=1S/C19H19N3O2S/c1-22(2)15-6-3-13(4-7-15)16-12-25-19(21-16)20-14-5-8-17-18(11-14)24-10-9-23-17/h3-8,11-12H,9-10H2,1-2H3,(H,20,21). The van der Waals surface area contributed by atoms with Crippen LogP contribution in [0.4, 0.5) is 16.5 Å². The molecule has 2 heterocycles. The highest BCUT2D eigenvalue weighted by atomic mass is 32.1. The predicted octanol–water partition coefficient (Wildman–Crippen LogP) is 4.39. The summed E-state index contributed by atoms with van der Waals surface area (Å²) in [5.41, 5.74) is 4.19. The monoisotopic (exact) mass is 353 g/mol. The topological polar surface area (TPSA) is 46.6 Å². The molecule has 0 saturated carbocycles. The lowest BCUT2D eigenvalue weighted by Gasteiger charge is -2.18. The van der Waals surface area contributed by atoms with Gasteiger partial charge in [0.2, 0.25) is 0 Å². The van der Waals surface area contributed by atoms with Gasteiger partial charge in [0.25, 0.3) is 0 Å². The van der Waals surface area contributed by atoms with E-state index in [1.165, 1.54) is 5.69 Å². The van der Waals surface area contributed by atoms with Crippen molar-refractivity contribution in [3.63, 3.8) is 0 Å². The first-order chi connectivity index (χ1) is 12.2. The van der Waals surface area contributed by atoms with Crippen LogP contribution in [-0.2, 0) is 0 Å². The van der Waals surface area contributed by atoms with Gasteiger partial charge in [-0.2, -0.15) is 0 Å². The molecule has 1 aliphatic rings. The van der Waals surface area contributed by atoms with Crippen LogP contribution in [0, 0.1) is 0 Å². The molecule has 0 aliphatic carbocycles. The maximum Gasteiger partial charge on any atom is 0.187 e. The van der Waals surface area contributed by atoms with Gasteiger partial charge in [0.1, 0.15) is 13.2 Å². The van der Waals surface area contributed by atoms with Gasteiger partial charge in [-0.05, 0) is 24.3 Å². The largest absolute Gasteiger partial charge is 0.486 e. The van der Waals surface area contributed by atoms with Crippen molar-refractivity contribution in [3.8, 4) is 22.8 Å². The lowest BCUT2D eigenvalue weighted by molar-refractivity contribution is 0.171. The quantitative estimate of drug-likeness (QED) is 0.754. The van der Waals surface area contributed by atoms with Gasteiger partial charge >= 0.3 is 0 Å². The number of rotatable bonds is 4. The summed E-state index contributed by atoms with van der Waals surface area (Å²) in [5, 5.41) is 6.25. The van der Waals surface area contributed by atoms with Crippen molar-refractivity contribution >= 4 is 27.8 Å². The molecule has 25 heavy (non-hydrogen) atoms. The SMILES string of the molecule is CN(C)c1ccc(-c2csc(Nc3ccc4c(c3)OCCO4)n2)cc1. The minimum atomic E-state index is 0.584. The highest BCUT2D eigenvalue weighted by molar-refractivity contribution is 7.14. The van der Waals surface area contributed by atoms with Gasteiger partial charge in [0, 0.05) is 42.5 Å². The third kappa shape index (κ3) is 3.39. The Balaban J connectivity index is 1.51. The molecule has 2 aromatic carbocycles. The molecule has 0 unspecified atom stereocenters. The number of anilines is 3. The smallest absolute Gasteiger partial charge is 0.187 e. The van der Waals surface area contributed by atoms with E-state index >= 15 is 0 Å². The zero-order valence-electron chi connectivity index (χ0n) is 14.2. The van der Waals surface area contributed by atoms with E-state index in [1.54, 1.807) is 11.3 Å². The number of fused-ring (bicyclic) bond motifs is 1. The number of hydrogen-bond acceptors (Lipinski definition) is 6. The van der Waals surface area contributed by atoms with Crippen LogP contribution in [0.3, 0.4) is 0 Å². The second-order valence-electron chi connectivity index (χ2n) is 5.96. The minimum Gasteiger partial charge on any atom is -0.486 e. The number of ether oxygens (including phenoxy) is 2. The highest BCUT2D eigenvalue weighted by Gasteiger charge is 2.12. The van der Waals surface area contributed by atoms with E-state index in [0.717, 1.165) is 33.6 Å². The number of hydrogen-bond donors (Lipinski definition) is 1. The molecule has 128 valence electrons. The summed E-state index contributed by atoms with van der Waals surface area (Å²) in [5.74, 6) is 1.56. The van der Waals surface area contributed by atoms with E-state index in [0.29, 0.717) is 13.2 Å². The average Bonchev–Trinajstić information content (AvgIpc) is 3.10. The van der Waals surface area contributed by atoms with Gasteiger partial charge in [-0.1, -0.05) is 12.1 Å². The molecule has 0 amide bonds. The molecular weight excluding hydrogens is 334 g/mol. The van der Waals surface area contributed by atoms with Gasteiger partial charge in [-0.3, -0.25) is 0 Å². The molecule has 4 rings (SSSR count). The first-order valence-corrected chi connectivity index (χ1v) is 8.97. The van der Waals surface area contributed by atoms with Crippen molar-refractivity contribution in [2.24, 2.45) is 0 Å². The first-order valence-electron chi connectivity index (χ1n) is 8.09. The third-order valence-electron chi connectivity index (χ3n) is 3.98. The van der Waals surface area contributed by atoms with Gasteiger partial charge in [-0.15, -0.1) is 11.3 Å². The fourth-order valence-corrected chi connectivity index (χ4v) is 3.38. The highest BCUT2D eigenvalue weighted by Crippen LogP contribution is 2.34. The zero-order valence-corrected chi connectivity index (χ0v) is 15.0. The van der Waals surface area contributed by atoms with E-state index in [1.807, 2.05) is 32.3 Å². The summed E-state index contributed by atoms with van der Waals surface area (Å²) in [6.07, 6.45) is 0. The zero-order chi connectivity index (χ0) is 17.2. The number of aromatic nitrogens is 1. The lowest BCUT2D eigenvalue weighted by atomic mass is 10.1. The molecule has 0 spiro atoms. The van der Waals surface area contributed by atoms with Crippen LogP contribution in [0.5, 0.6) is 11.5 Å². The second kappa shape index (κ2) is 6.64.